The molecular formula is C18H22N6O2. The van der Waals surface area contributed by atoms with E-state index in [1.807, 2.05) is 0 Å². The molecule has 6 N–H and O–H groups in total. The summed E-state index contributed by atoms with van der Waals surface area (Å²) in [4.78, 5) is 23.9. The first-order chi connectivity index (χ1) is 12.4. The van der Waals surface area contributed by atoms with Gasteiger partial charge in [-0.25, -0.2) is 5.84 Å². The molecule has 1 aromatic rings. The van der Waals surface area contributed by atoms with Crippen LogP contribution in [0.25, 0.3) is 0 Å². The molecule has 0 heterocycles. The standard InChI is InChI=1S/C18H22N6O2/c19-11-18(7-8-18)24(21)10-14(20)9-22-16(25)12-3-5-15(6-4-12)23-17(26)13-1-2-13/h3-6,10,13H,1-2,7-9,20-21H2,(H,22,25)(H,23,26)/b14-10-. The molecule has 1 aromatic carbocycles. The lowest BCUT2D eigenvalue weighted by molar-refractivity contribution is -0.117. The third-order valence-corrected chi connectivity index (χ3v) is 4.55. The lowest BCUT2D eigenvalue weighted by Gasteiger charge is -2.20. The van der Waals surface area contributed by atoms with Crippen LogP contribution in [0.2, 0.25) is 0 Å². The largest absolute Gasteiger partial charge is 0.399 e. The normalized spacial score (nSPS) is 17.8. The first-order valence-electron chi connectivity index (χ1n) is 8.54. The molecule has 2 aliphatic rings. The highest BCUT2D eigenvalue weighted by Crippen LogP contribution is 2.39. The van der Waals surface area contributed by atoms with Crippen LogP contribution in [0.3, 0.4) is 0 Å². The number of benzene rings is 1. The minimum Gasteiger partial charge on any atom is -0.399 e. The Hall–Kier alpha value is -3.05. The predicted molar refractivity (Wildman–Crippen MR) is 96.0 cm³/mol. The topological polar surface area (TPSA) is 137 Å². The van der Waals surface area contributed by atoms with E-state index in [1.165, 1.54) is 11.2 Å². The minimum atomic E-state index is -0.657. The fraction of sp³-hybridized carbons (Fsp3) is 0.389. The maximum absolute atomic E-state index is 12.2. The maximum Gasteiger partial charge on any atom is 0.251 e. The Morgan fingerprint density at radius 2 is 1.96 bits per heavy atom. The van der Waals surface area contributed by atoms with Crippen molar-refractivity contribution in [2.24, 2.45) is 17.5 Å². The highest BCUT2D eigenvalue weighted by Gasteiger charge is 2.47. The van der Waals surface area contributed by atoms with E-state index in [9.17, 15) is 9.59 Å². The van der Waals surface area contributed by atoms with E-state index in [0.717, 1.165) is 12.8 Å². The minimum absolute atomic E-state index is 0.0252. The van der Waals surface area contributed by atoms with Crippen molar-refractivity contribution in [2.75, 3.05) is 11.9 Å². The van der Waals surface area contributed by atoms with E-state index in [4.69, 9.17) is 16.8 Å². The first-order valence-corrected chi connectivity index (χ1v) is 8.54. The summed E-state index contributed by atoms with van der Waals surface area (Å²) in [5.74, 6) is 5.70. The number of anilines is 1. The van der Waals surface area contributed by atoms with E-state index in [2.05, 4.69) is 16.7 Å². The molecule has 0 aliphatic heterocycles. The molecular weight excluding hydrogens is 332 g/mol. The molecule has 0 radical (unpaired) electrons. The lowest BCUT2D eigenvalue weighted by atomic mass is 10.2. The molecule has 26 heavy (non-hydrogen) atoms. The SMILES string of the molecule is N#CC1(N(N)/C=C(\N)CNC(=O)c2ccc(NC(=O)C3CC3)cc2)CC1. The number of rotatable bonds is 7. The zero-order chi connectivity index (χ0) is 18.7. The predicted octanol–water partition coefficient (Wildman–Crippen LogP) is 0.797. The summed E-state index contributed by atoms with van der Waals surface area (Å²) >= 11 is 0. The second kappa shape index (κ2) is 7.06. The summed E-state index contributed by atoms with van der Waals surface area (Å²) in [6, 6.07) is 8.83. The van der Waals surface area contributed by atoms with Crippen LogP contribution in [0.1, 0.15) is 36.0 Å². The maximum atomic E-state index is 12.2. The molecule has 0 saturated heterocycles. The number of nitrogens with zero attached hydrogens (tertiary/aromatic N) is 2. The molecule has 8 nitrogen and oxygen atoms in total. The molecule has 0 bridgehead atoms. The van der Waals surface area contributed by atoms with Gasteiger partial charge in [-0.15, -0.1) is 0 Å². The van der Waals surface area contributed by atoms with E-state index >= 15 is 0 Å². The van der Waals surface area contributed by atoms with Crippen molar-refractivity contribution in [1.29, 1.82) is 5.26 Å². The molecule has 0 atom stereocenters. The van der Waals surface area contributed by atoms with Crippen LogP contribution in [-0.2, 0) is 4.79 Å². The van der Waals surface area contributed by atoms with E-state index in [1.54, 1.807) is 24.3 Å². The Labute approximate surface area is 151 Å². The zero-order valence-electron chi connectivity index (χ0n) is 14.4. The van der Waals surface area contributed by atoms with Gasteiger partial charge in [0.05, 0.1) is 12.6 Å². The van der Waals surface area contributed by atoms with Crippen molar-refractivity contribution < 1.29 is 9.59 Å². The summed E-state index contributed by atoms with van der Waals surface area (Å²) in [7, 11) is 0. The van der Waals surface area contributed by atoms with E-state index in [-0.39, 0.29) is 24.3 Å². The van der Waals surface area contributed by atoms with Gasteiger partial charge in [-0.2, -0.15) is 5.26 Å². The second-order valence-corrected chi connectivity index (χ2v) is 6.78. The molecule has 0 unspecified atom stereocenters. The van der Waals surface area contributed by atoms with Gasteiger partial charge in [0.15, 0.2) is 0 Å². The fourth-order valence-electron chi connectivity index (χ4n) is 2.47. The van der Waals surface area contributed by atoms with E-state index in [0.29, 0.717) is 29.8 Å². The van der Waals surface area contributed by atoms with Crippen LogP contribution >= 0.6 is 0 Å². The molecule has 8 heteroatoms. The number of hydrogen-bond acceptors (Lipinski definition) is 6. The van der Waals surface area contributed by atoms with Crippen LogP contribution in [0, 0.1) is 17.2 Å². The van der Waals surface area contributed by atoms with Gasteiger partial charge in [0.2, 0.25) is 5.91 Å². The van der Waals surface area contributed by atoms with Gasteiger partial charge in [-0.1, -0.05) is 0 Å². The van der Waals surface area contributed by atoms with Gasteiger partial charge in [0.25, 0.3) is 5.91 Å². The zero-order valence-corrected chi connectivity index (χ0v) is 14.4. The summed E-state index contributed by atoms with van der Waals surface area (Å²) in [6.07, 6.45) is 4.78. The number of carbonyl (C=O) groups is 2. The Morgan fingerprint density at radius 3 is 2.50 bits per heavy atom. The van der Waals surface area contributed by atoms with E-state index < -0.39 is 5.54 Å². The van der Waals surface area contributed by atoms with Crippen molar-refractivity contribution in [3.8, 4) is 6.07 Å². The second-order valence-electron chi connectivity index (χ2n) is 6.78. The summed E-state index contributed by atoms with van der Waals surface area (Å²) in [5, 5.41) is 15.9. The molecule has 136 valence electrons. The lowest BCUT2D eigenvalue weighted by Crippen LogP contribution is -2.39. The Morgan fingerprint density at radius 1 is 1.31 bits per heavy atom. The molecule has 0 aromatic heterocycles. The van der Waals surface area contributed by atoms with Crippen molar-refractivity contribution >= 4 is 17.5 Å². The van der Waals surface area contributed by atoms with Gasteiger partial charge in [0.1, 0.15) is 5.54 Å². The number of amides is 2. The third kappa shape index (κ3) is 4.13. The van der Waals surface area contributed by atoms with Gasteiger partial charge >= 0.3 is 0 Å². The Kier molecular flexibility index (Phi) is 4.82. The number of hydrazine groups is 1. The van der Waals surface area contributed by atoms with Crippen LogP contribution in [0.5, 0.6) is 0 Å². The van der Waals surface area contributed by atoms with Crippen molar-refractivity contribution in [3.05, 3.63) is 41.7 Å². The first kappa shape index (κ1) is 17.8. The Balaban J connectivity index is 1.49. The molecule has 2 saturated carbocycles. The molecule has 3 rings (SSSR count). The molecule has 2 amide bonds. The number of carbonyl (C=O) groups excluding carboxylic acids is 2. The highest BCUT2D eigenvalue weighted by atomic mass is 16.2. The van der Waals surface area contributed by atoms with Crippen LogP contribution in [-0.4, -0.2) is 28.9 Å². The molecule has 0 spiro atoms. The highest BCUT2D eigenvalue weighted by molar-refractivity contribution is 5.96. The van der Waals surface area contributed by atoms with Gasteiger partial charge in [-0.3, -0.25) is 14.6 Å². The van der Waals surface area contributed by atoms with Gasteiger partial charge < -0.3 is 16.4 Å². The van der Waals surface area contributed by atoms with Crippen molar-refractivity contribution in [2.45, 2.75) is 31.2 Å². The van der Waals surface area contributed by atoms with Crippen molar-refractivity contribution in [1.82, 2.24) is 10.3 Å². The monoisotopic (exact) mass is 354 g/mol. The summed E-state index contributed by atoms with van der Waals surface area (Å²) < 4.78 is 0. The molecule has 2 aliphatic carbocycles. The number of nitrogens with one attached hydrogen (secondary N) is 2. The average Bonchev–Trinajstić information content (AvgIpc) is 3.53. The number of nitriles is 1. The smallest absolute Gasteiger partial charge is 0.251 e. The summed E-state index contributed by atoms with van der Waals surface area (Å²) in [5.41, 5.74) is 6.69. The van der Waals surface area contributed by atoms with Crippen LogP contribution in [0.15, 0.2) is 36.2 Å². The van der Waals surface area contributed by atoms with Gasteiger partial charge in [-0.05, 0) is 49.9 Å². The third-order valence-electron chi connectivity index (χ3n) is 4.55. The number of nitrogens with two attached hydrogens (primary N) is 2. The quantitative estimate of drug-likeness (QED) is 0.422. The van der Waals surface area contributed by atoms with Crippen molar-refractivity contribution in [3.63, 3.8) is 0 Å². The number of hydrogen-bond donors (Lipinski definition) is 4. The fourth-order valence-corrected chi connectivity index (χ4v) is 2.47. The molecule has 2 fully saturated rings. The van der Waals surface area contributed by atoms with Crippen LogP contribution < -0.4 is 22.2 Å². The average molecular weight is 354 g/mol. The van der Waals surface area contributed by atoms with Crippen LogP contribution in [0.4, 0.5) is 5.69 Å². The summed E-state index contributed by atoms with van der Waals surface area (Å²) in [6.45, 7) is 0.119. The van der Waals surface area contributed by atoms with Gasteiger partial charge in [0, 0.05) is 29.1 Å². The Bertz CT molecular complexity index is 772.